The summed E-state index contributed by atoms with van der Waals surface area (Å²) < 4.78 is 10.4. The molecule has 0 aromatic rings. The molecule has 58 valence electrons. The summed E-state index contributed by atoms with van der Waals surface area (Å²) in [6, 6.07) is 0. The predicted molar refractivity (Wildman–Crippen MR) is 34.1 cm³/mol. The van der Waals surface area contributed by atoms with Crippen molar-refractivity contribution < 1.29 is 14.3 Å². The van der Waals surface area contributed by atoms with Crippen LogP contribution in [0.4, 0.5) is 0 Å². The van der Waals surface area contributed by atoms with E-state index in [0.29, 0.717) is 13.0 Å². The van der Waals surface area contributed by atoms with Crippen molar-refractivity contribution >= 4 is 6.41 Å². The lowest BCUT2D eigenvalue weighted by Crippen LogP contribution is -2.31. The zero-order chi connectivity index (χ0) is 7.61. The highest BCUT2D eigenvalue weighted by Gasteiger charge is 2.31. The summed E-state index contributed by atoms with van der Waals surface area (Å²) in [5.41, 5.74) is 0. The summed E-state index contributed by atoms with van der Waals surface area (Å²) >= 11 is 0. The van der Waals surface area contributed by atoms with Crippen molar-refractivity contribution in [3.8, 4) is 0 Å². The molecule has 4 heteroatoms. The maximum Gasteiger partial charge on any atom is 0.209 e. The van der Waals surface area contributed by atoms with Crippen LogP contribution < -0.4 is 5.32 Å². The molecule has 0 bridgehead atoms. The Morgan fingerprint density at radius 2 is 2.40 bits per heavy atom. The van der Waals surface area contributed by atoms with E-state index in [0.717, 1.165) is 0 Å². The summed E-state index contributed by atoms with van der Waals surface area (Å²) in [4.78, 5) is 9.93. The molecule has 1 aliphatic heterocycles. The summed E-state index contributed by atoms with van der Waals surface area (Å²) in [6.07, 6.45) is 0.322. The molecule has 0 radical (unpaired) electrons. The van der Waals surface area contributed by atoms with Crippen molar-refractivity contribution in [2.24, 2.45) is 0 Å². The molecule has 1 N–H and O–H groups in total. The fourth-order valence-corrected chi connectivity index (χ4v) is 0.845. The lowest BCUT2D eigenvalue weighted by Gasteiger charge is -2.15. The van der Waals surface area contributed by atoms with E-state index in [1.54, 1.807) is 13.8 Å². The van der Waals surface area contributed by atoms with Gasteiger partial charge in [-0.05, 0) is 13.8 Å². The Labute approximate surface area is 59.5 Å². The molecular formula is C6H11NO3. The van der Waals surface area contributed by atoms with Crippen molar-refractivity contribution in [3.05, 3.63) is 0 Å². The highest BCUT2D eigenvalue weighted by Crippen LogP contribution is 2.20. The van der Waals surface area contributed by atoms with Gasteiger partial charge >= 0.3 is 0 Å². The monoisotopic (exact) mass is 145 g/mol. The Bertz CT molecular complexity index is 135. The van der Waals surface area contributed by atoms with Gasteiger partial charge in [0.1, 0.15) is 0 Å². The minimum Gasteiger partial charge on any atom is -0.346 e. The van der Waals surface area contributed by atoms with Crippen LogP contribution in [0.15, 0.2) is 0 Å². The average molecular weight is 145 g/mol. The van der Waals surface area contributed by atoms with E-state index in [1.807, 2.05) is 0 Å². The van der Waals surface area contributed by atoms with Gasteiger partial charge in [0.25, 0.3) is 0 Å². The molecule has 1 rings (SSSR count). The maximum atomic E-state index is 9.93. The topological polar surface area (TPSA) is 47.6 Å². The first-order valence-electron chi connectivity index (χ1n) is 3.15. The summed E-state index contributed by atoms with van der Waals surface area (Å²) in [7, 11) is 0. The van der Waals surface area contributed by atoms with Gasteiger partial charge < -0.3 is 14.8 Å². The van der Waals surface area contributed by atoms with Gasteiger partial charge in [-0.1, -0.05) is 0 Å². The largest absolute Gasteiger partial charge is 0.346 e. The second kappa shape index (κ2) is 2.56. The molecule has 1 aliphatic rings. The van der Waals surface area contributed by atoms with Gasteiger partial charge in [-0.3, -0.25) is 4.79 Å². The molecule has 0 aromatic heterocycles. The van der Waals surface area contributed by atoms with Gasteiger partial charge in [0, 0.05) is 0 Å². The Balaban J connectivity index is 2.35. The third-order valence-corrected chi connectivity index (χ3v) is 1.26. The zero-order valence-electron chi connectivity index (χ0n) is 6.09. The molecule has 1 atom stereocenters. The number of carbonyl (C=O) groups is 1. The molecule has 1 unspecified atom stereocenters. The fraction of sp³-hybridized carbons (Fsp3) is 0.833. The number of hydrogen-bond donors (Lipinski definition) is 1. The molecule has 0 spiro atoms. The standard InChI is InChI=1S/C6H11NO3/c1-6(2)9-3-5(10-6)7-4-8/h4-5H,3H2,1-2H3,(H,7,8). The van der Waals surface area contributed by atoms with E-state index in [1.165, 1.54) is 0 Å². The van der Waals surface area contributed by atoms with Crippen LogP contribution in [0, 0.1) is 0 Å². The van der Waals surface area contributed by atoms with Crippen LogP contribution in [0.3, 0.4) is 0 Å². The van der Waals surface area contributed by atoms with Crippen LogP contribution in [0.5, 0.6) is 0 Å². The van der Waals surface area contributed by atoms with Gasteiger partial charge in [0.2, 0.25) is 6.41 Å². The van der Waals surface area contributed by atoms with Crippen molar-refractivity contribution in [3.63, 3.8) is 0 Å². The Hall–Kier alpha value is -0.610. The molecule has 10 heavy (non-hydrogen) atoms. The Morgan fingerprint density at radius 1 is 1.70 bits per heavy atom. The van der Waals surface area contributed by atoms with Crippen LogP contribution in [-0.2, 0) is 14.3 Å². The van der Waals surface area contributed by atoms with Crippen molar-refractivity contribution in [2.75, 3.05) is 6.61 Å². The molecule has 1 amide bonds. The zero-order valence-corrected chi connectivity index (χ0v) is 6.09. The van der Waals surface area contributed by atoms with Gasteiger partial charge in [0.15, 0.2) is 12.0 Å². The lowest BCUT2D eigenvalue weighted by molar-refractivity contribution is -0.143. The van der Waals surface area contributed by atoms with Crippen LogP contribution in [-0.4, -0.2) is 25.0 Å². The smallest absolute Gasteiger partial charge is 0.209 e. The van der Waals surface area contributed by atoms with Crippen molar-refractivity contribution in [1.29, 1.82) is 0 Å². The summed E-state index contributed by atoms with van der Waals surface area (Å²) in [5, 5.41) is 2.47. The molecule has 0 aromatic carbocycles. The van der Waals surface area contributed by atoms with Gasteiger partial charge in [-0.15, -0.1) is 0 Å². The first kappa shape index (κ1) is 7.50. The van der Waals surface area contributed by atoms with Crippen molar-refractivity contribution in [2.45, 2.75) is 25.9 Å². The molecule has 0 saturated carbocycles. The molecular weight excluding hydrogens is 134 g/mol. The predicted octanol–water partition coefficient (Wildman–Crippen LogP) is -0.159. The van der Waals surface area contributed by atoms with Crippen molar-refractivity contribution in [1.82, 2.24) is 5.32 Å². The first-order valence-corrected chi connectivity index (χ1v) is 3.15. The second-order valence-corrected chi connectivity index (χ2v) is 2.60. The van der Waals surface area contributed by atoms with Gasteiger partial charge in [0.05, 0.1) is 6.61 Å². The Kier molecular flexibility index (Phi) is 1.92. The molecule has 1 saturated heterocycles. The maximum absolute atomic E-state index is 9.93. The number of rotatable bonds is 2. The van der Waals surface area contributed by atoms with Gasteiger partial charge in [-0.2, -0.15) is 0 Å². The van der Waals surface area contributed by atoms with E-state index in [2.05, 4.69) is 5.32 Å². The van der Waals surface area contributed by atoms with E-state index < -0.39 is 5.79 Å². The molecule has 0 aliphatic carbocycles. The van der Waals surface area contributed by atoms with Crippen LogP contribution >= 0.6 is 0 Å². The average Bonchev–Trinajstić information content (AvgIpc) is 2.12. The van der Waals surface area contributed by atoms with E-state index in [9.17, 15) is 4.79 Å². The minimum absolute atomic E-state index is 0.285. The fourth-order valence-electron chi connectivity index (χ4n) is 0.845. The Morgan fingerprint density at radius 3 is 2.80 bits per heavy atom. The number of hydrogen-bond acceptors (Lipinski definition) is 3. The first-order chi connectivity index (χ1) is 4.64. The third-order valence-electron chi connectivity index (χ3n) is 1.26. The van der Waals surface area contributed by atoms with Crippen LogP contribution in [0.25, 0.3) is 0 Å². The molecule has 4 nitrogen and oxygen atoms in total. The number of carbonyl (C=O) groups excluding carboxylic acids is 1. The normalized spacial score (nSPS) is 30.0. The van der Waals surface area contributed by atoms with Crippen LogP contribution in [0.1, 0.15) is 13.8 Å². The third kappa shape index (κ3) is 1.68. The summed E-state index contributed by atoms with van der Waals surface area (Å²) in [5.74, 6) is -0.555. The highest BCUT2D eigenvalue weighted by atomic mass is 16.7. The lowest BCUT2D eigenvalue weighted by atomic mass is 10.4. The van der Waals surface area contributed by atoms with Gasteiger partial charge in [-0.25, -0.2) is 0 Å². The number of amides is 1. The van der Waals surface area contributed by atoms with E-state index in [4.69, 9.17) is 9.47 Å². The minimum atomic E-state index is -0.555. The molecule has 1 fully saturated rings. The number of ether oxygens (including phenoxy) is 2. The van der Waals surface area contributed by atoms with E-state index >= 15 is 0 Å². The second-order valence-electron chi connectivity index (χ2n) is 2.60. The van der Waals surface area contributed by atoms with Crippen LogP contribution in [0.2, 0.25) is 0 Å². The summed E-state index contributed by atoms with van der Waals surface area (Å²) in [6.45, 7) is 4.03. The molecule has 1 heterocycles. The quantitative estimate of drug-likeness (QED) is 0.549. The SMILES string of the molecule is CC1(C)OCC(NC=O)O1. The number of nitrogens with one attached hydrogen (secondary N) is 1. The van der Waals surface area contributed by atoms with E-state index in [-0.39, 0.29) is 6.23 Å². The highest BCUT2D eigenvalue weighted by molar-refractivity contribution is 5.46.